The fourth-order valence-corrected chi connectivity index (χ4v) is 9.04. The first-order valence-electron chi connectivity index (χ1n) is 28.9. The van der Waals surface area contributed by atoms with E-state index in [9.17, 15) is 43.5 Å². The van der Waals surface area contributed by atoms with Gasteiger partial charge in [-0.15, -0.1) is 0 Å². The van der Waals surface area contributed by atoms with Gasteiger partial charge in [0.2, 0.25) is 0 Å². The van der Waals surface area contributed by atoms with Gasteiger partial charge in [-0.3, -0.25) is 32.5 Å². The number of rotatable bonds is 55. The number of hydrogen-bond acceptors (Lipinski definition) is 14. The number of phosphoric ester groups is 2. The fourth-order valence-electron chi connectivity index (χ4n) is 7.46. The highest BCUT2D eigenvalue weighted by Gasteiger charge is 2.29. The number of ether oxygens (including phenoxy) is 3. The van der Waals surface area contributed by atoms with Crippen LogP contribution < -0.4 is 0 Å². The largest absolute Gasteiger partial charge is 0.472 e. The first kappa shape index (κ1) is 72.5. The van der Waals surface area contributed by atoms with Crippen LogP contribution >= 0.6 is 15.6 Å². The van der Waals surface area contributed by atoms with Gasteiger partial charge in [0.05, 0.1) is 26.4 Å². The van der Waals surface area contributed by atoms with Crippen LogP contribution in [0.2, 0.25) is 0 Å². The van der Waals surface area contributed by atoms with Crippen LogP contribution in [0.25, 0.3) is 0 Å². The SMILES string of the molecule is CCCC/C=C\CCCCCCCC(=O)OC(COC(=O)CCCCCCC/C=C\CCCCCC)COP(=O)(O)OCC(O)COP(=O)(O)OCC(O)COC(=O)CCCCCCC/C=C\C/C=C\CCCCC. The van der Waals surface area contributed by atoms with Crippen molar-refractivity contribution in [3.8, 4) is 0 Å². The second-order valence-corrected chi connectivity index (χ2v) is 22.3. The van der Waals surface area contributed by atoms with Crippen LogP contribution in [0.3, 0.4) is 0 Å². The third kappa shape index (κ3) is 53.3. The number of aliphatic hydroxyl groups is 2. The van der Waals surface area contributed by atoms with Gasteiger partial charge in [-0.2, -0.15) is 0 Å². The molecule has 0 rings (SSSR count). The Morgan fingerprint density at radius 2 is 0.680 bits per heavy atom. The highest BCUT2D eigenvalue weighted by Crippen LogP contribution is 2.45. The maximum Gasteiger partial charge on any atom is 0.472 e. The lowest BCUT2D eigenvalue weighted by molar-refractivity contribution is -0.161. The molecule has 5 unspecified atom stereocenters. The van der Waals surface area contributed by atoms with E-state index in [2.05, 4.69) is 69.4 Å². The molecule has 4 N–H and O–H groups in total. The molecule has 0 aliphatic heterocycles. The molecule has 0 aliphatic carbocycles. The van der Waals surface area contributed by atoms with E-state index in [4.69, 9.17) is 32.3 Å². The molecule has 75 heavy (non-hydrogen) atoms. The topological polar surface area (TPSA) is 231 Å². The van der Waals surface area contributed by atoms with E-state index in [-0.39, 0.29) is 19.3 Å². The Hall–Kier alpha value is -2.49. The zero-order valence-corrected chi connectivity index (χ0v) is 48.5. The Kier molecular flexibility index (Phi) is 50.5. The van der Waals surface area contributed by atoms with Gasteiger partial charge < -0.3 is 34.2 Å². The van der Waals surface area contributed by atoms with Crippen molar-refractivity contribution in [1.82, 2.24) is 0 Å². The minimum Gasteiger partial charge on any atom is -0.463 e. The minimum atomic E-state index is -4.91. The summed E-state index contributed by atoms with van der Waals surface area (Å²) in [5.74, 6) is -1.60. The number of carbonyl (C=O) groups excluding carboxylic acids is 3. The third-order valence-electron chi connectivity index (χ3n) is 12.0. The Morgan fingerprint density at radius 3 is 1.12 bits per heavy atom. The fraction of sp³-hybridized carbons (Fsp3) is 0.807. The van der Waals surface area contributed by atoms with Crippen LogP contribution in [0.1, 0.15) is 239 Å². The van der Waals surface area contributed by atoms with E-state index in [0.29, 0.717) is 19.3 Å². The second-order valence-electron chi connectivity index (χ2n) is 19.4. The van der Waals surface area contributed by atoms with E-state index in [1.807, 2.05) is 0 Å². The van der Waals surface area contributed by atoms with E-state index < -0.39 is 91.5 Å². The smallest absolute Gasteiger partial charge is 0.463 e. The lowest BCUT2D eigenvalue weighted by Crippen LogP contribution is -2.30. The van der Waals surface area contributed by atoms with Crippen LogP contribution in [0.15, 0.2) is 48.6 Å². The number of esters is 3. The van der Waals surface area contributed by atoms with Gasteiger partial charge in [0.1, 0.15) is 25.4 Å². The van der Waals surface area contributed by atoms with Gasteiger partial charge >= 0.3 is 33.6 Å². The first-order chi connectivity index (χ1) is 36.2. The van der Waals surface area contributed by atoms with Gasteiger partial charge in [-0.1, -0.05) is 172 Å². The number of phosphoric acid groups is 2. The number of carbonyl (C=O) groups is 3. The van der Waals surface area contributed by atoms with Crippen molar-refractivity contribution in [2.75, 3.05) is 39.6 Å². The van der Waals surface area contributed by atoms with Gasteiger partial charge in [0, 0.05) is 19.3 Å². The molecule has 0 spiro atoms. The van der Waals surface area contributed by atoms with Gasteiger partial charge in [0.15, 0.2) is 6.10 Å². The summed E-state index contributed by atoms with van der Waals surface area (Å²) in [5, 5.41) is 20.4. The van der Waals surface area contributed by atoms with Crippen LogP contribution in [-0.2, 0) is 55.8 Å². The van der Waals surface area contributed by atoms with E-state index in [1.54, 1.807) is 0 Å². The van der Waals surface area contributed by atoms with Crippen LogP contribution in [-0.4, -0.2) is 95.9 Å². The van der Waals surface area contributed by atoms with Crippen LogP contribution in [0.4, 0.5) is 0 Å². The molecular formula is C57H104O16P2. The summed E-state index contributed by atoms with van der Waals surface area (Å²) in [6.07, 6.45) is 46.2. The third-order valence-corrected chi connectivity index (χ3v) is 13.9. The van der Waals surface area contributed by atoms with E-state index >= 15 is 0 Å². The molecule has 5 atom stereocenters. The lowest BCUT2D eigenvalue weighted by atomic mass is 10.1. The van der Waals surface area contributed by atoms with Crippen LogP contribution in [0, 0.1) is 0 Å². The van der Waals surface area contributed by atoms with Crippen molar-refractivity contribution in [2.45, 2.75) is 257 Å². The molecule has 0 aromatic heterocycles. The number of aliphatic hydroxyl groups excluding tert-OH is 2. The molecule has 0 saturated heterocycles. The summed E-state index contributed by atoms with van der Waals surface area (Å²) in [7, 11) is -9.75. The summed E-state index contributed by atoms with van der Waals surface area (Å²) >= 11 is 0. The molecule has 18 heteroatoms. The maximum absolute atomic E-state index is 12.8. The molecule has 0 aromatic rings. The highest BCUT2D eigenvalue weighted by molar-refractivity contribution is 7.47. The van der Waals surface area contributed by atoms with Crippen molar-refractivity contribution in [1.29, 1.82) is 0 Å². The normalized spacial score (nSPS) is 14.9. The zero-order chi connectivity index (χ0) is 55.4. The molecule has 16 nitrogen and oxygen atoms in total. The van der Waals surface area contributed by atoms with Crippen molar-refractivity contribution >= 4 is 33.6 Å². The molecular weight excluding hydrogens is 1000 g/mol. The average Bonchev–Trinajstić information content (AvgIpc) is 3.38. The summed E-state index contributed by atoms with van der Waals surface area (Å²) in [4.78, 5) is 57.9. The molecule has 0 aromatic carbocycles. The first-order valence-corrected chi connectivity index (χ1v) is 31.9. The van der Waals surface area contributed by atoms with Gasteiger partial charge in [-0.05, 0) is 96.3 Å². The van der Waals surface area contributed by atoms with Crippen molar-refractivity contribution < 1.29 is 75.8 Å². The van der Waals surface area contributed by atoms with E-state index in [0.717, 1.165) is 122 Å². The van der Waals surface area contributed by atoms with E-state index in [1.165, 1.54) is 57.8 Å². The zero-order valence-electron chi connectivity index (χ0n) is 46.7. The number of allylic oxidation sites excluding steroid dienone is 8. The summed E-state index contributed by atoms with van der Waals surface area (Å²) in [6.45, 7) is 2.52. The minimum absolute atomic E-state index is 0.0949. The quantitative estimate of drug-likeness (QED) is 0.0146. The number of unbranched alkanes of at least 4 members (excludes halogenated alkanes) is 24. The van der Waals surface area contributed by atoms with Crippen molar-refractivity contribution in [3.63, 3.8) is 0 Å². The Balaban J connectivity index is 4.67. The Bertz CT molecular complexity index is 1590. The van der Waals surface area contributed by atoms with Gasteiger partial charge in [0.25, 0.3) is 0 Å². The summed E-state index contributed by atoms with van der Waals surface area (Å²) in [6, 6.07) is 0. The average molecular weight is 1110 g/mol. The maximum atomic E-state index is 12.8. The van der Waals surface area contributed by atoms with Crippen molar-refractivity contribution in [2.24, 2.45) is 0 Å². The standard InChI is InChI=1S/C57H104O16P2/c1-4-7-10-13-16-19-22-24-25-27-30-31-34-37-40-43-55(60)67-46-52(58)47-69-74(63,64)70-48-53(59)49-71-75(65,66)72-51-54(73-57(62)45-42-39-36-33-28-21-18-15-12-9-6-3)50-68-56(61)44-41-38-35-32-29-26-23-20-17-14-11-8-5-2/h15-16,18-20,23-25,52-54,58-59H,4-14,17,21-22,26-51H2,1-3H3,(H,63,64)(H,65,66)/b18-15-,19-16-,23-20-,25-24-. The monoisotopic (exact) mass is 1110 g/mol. The second kappa shape index (κ2) is 52.2. The number of hydrogen-bond donors (Lipinski definition) is 4. The molecule has 0 amide bonds. The summed E-state index contributed by atoms with van der Waals surface area (Å²) < 4.78 is 60.4. The predicted octanol–water partition coefficient (Wildman–Crippen LogP) is 14.5. The Labute approximate surface area is 453 Å². The molecule has 0 fully saturated rings. The lowest BCUT2D eigenvalue weighted by Gasteiger charge is -2.21. The molecule has 0 aliphatic rings. The molecule has 0 bridgehead atoms. The predicted molar refractivity (Wildman–Crippen MR) is 298 cm³/mol. The van der Waals surface area contributed by atoms with Crippen LogP contribution in [0.5, 0.6) is 0 Å². The summed E-state index contributed by atoms with van der Waals surface area (Å²) in [5.41, 5.74) is 0. The molecule has 0 radical (unpaired) electrons. The van der Waals surface area contributed by atoms with Crippen molar-refractivity contribution in [3.05, 3.63) is 48.6 Å². The molecule has 0 heterocycles. The highest BCUT2D eigenvalue weighted by atomic mass is 31.2. The molecule has 0 saturated carbocycles. The Morgan fingerprint density at radius 1 is 0.373 bits per heavy atom. The van der Waals surface area contributed by atoms with Gasteiger partial charge in [-0.25, -0.2) is 9.13 Å². The molecule has 438 valence electrons.